The first-order valence-electron chi connectivity index (χ1n) is 10.2. The summed E-state index contributed by atoms with van der Waals surface area (Å²) in [5, 5.41) is 6.69. The minimum atomic E-state index is -0.312. The second kappa shape index (κ2) is 11.1. The lowest BCUT2D eigenvalue weighted by molar-refractivity contribution is -0.115. The van der Waals surface area contributed by atoms with Crippen LogP contribution in [0.4, 0.5) is 11.4 Å². The number of benzene rings is 2. The summed E-state index contributed by atoms with van der Waals surface area (Å²) in [4.78, 5) is 16.9. The number of thiocarbonyl (C=S) groups is 1. The molecule has 8 heteroatoms. The van der Waals surface area contributed by atoms with Gasteiger partial charge in [-0.3, -0.25) is 10.1 Å². The zero-order valence-corrected chi connectivity index (χ0v) is 19.3. The van der Waals surface area contributed by atoms with Gasteiger partial charge in [0.15, 0.2) is 5.11 Å². The fourth-order valence-electron chi connectivity index (χ4n) is 3.42. The lowest BCUT2D eigenvalue weighted by Crippen LogP contribution is -2.46. The van der Waals surface area contributed by atoms with Crippen LogP contribution in [0.3, 0.4) is 0 Å². The van der Waals surface area contributed by atoms with Crippen LogP contribution < -0.4 is 20.3 Å². The molecule has 1 fully saturated rings. The number of likely N-dealkylation sites (N-methyl/N-ethyl adjacent to an activating group) is 1. The smallest absolute Gasteiger partial charge is 0.250 e. The van der Waals surface area contributed by atoms with E-state index in [0.717, 1.165) is 55.4 Å². The quantitative estimate of drug-likeness (QED) is 0.503. The van der Waals surface area contributed by atoms with Crippen LogP contribution in [-0.2, 0) is 4.79 Å². The van der Waals surface area contributed by atoms with Gasteiger partial charge in [0, 0.05) is 32.3 Å². The van der Waals surface area contributed by atoms with Crippen molar-refractivity contribution in [1.82, 2.24) is 10.2 Å². The Balaban J connectivity index is 1.61. The number of nitrogens with one attached hydrogen (secondary N) is 2. The molecule has 0 bridgehead atoms. The molecule has 1 heterocycles. The summed E-state index contributed by atoms with van der Waals surface area (Å²) >= 11 is 11.9. The number of ether oxygens (including phenoxy) is 1. The molecule has 3 rings (SSSR count). The van der Waals surface area contributed by atoms with Crippen molar-refractivity contribution in [2.75, 3.05) is 50.1 Å². The normalized spacial score (nSPS) is 14.5. The third kappa shape index (κ3) is 6.43. The zero-order chi connectivity index (χ0) is 22.2. The highest BCUT2D eigenvalue weighted by Crippen LogP contribution is 2.34. The van der Waals surface area contributed by atoms with Gasteiger partial charge in [-0.25, -0.2) is 0 Å². The third-order valence-electron chi connectivity index (χ3n) is 5.15. The first-order chi connectivity index (χ1) is 15.0. The maximum Gasteiger partial charge on any atom is 0.250 e. The fourth-order valence-corrected chi connectivity index (χ4v) is 3.92. The van der Waals surface area contributed by atoms with E-state index in [-0.39, 0.29) is 11.0 Å². The summed E-state index contributed by atoms with van der Waals surface area (Å²) in [5.74, 6) is 0.453. The highest BCUT2D eigenvalue weighted by molar-refractivity contribution is 7.80. The molecule has 0 saturated carbocycles. The summed E-state index contributed by atoms with van der Waals surface area (Å²) in [6.45, 7) is 6.95. The molecule has 1 aliphatic rings. The van der Waals surface area contributed by atoms with Gasteiger partial charge < -0.3 is 19.9 Å². The molecule has 2 N–H and O–H groups in total. The van der Waals surface area contributed by atoms with Crippen LogP contribution in [0, 0.1) is 0 Å². The van der Waals surface area contributed by atoms with Gasteiger partial charge in [0.2, 0.25) is 5.91 Å². The van der Waals surface area contributed by atoms with Crippen molar-refractivity contribution < 1.29 is 9.53 Å². The average molecular weight is 459 g/mol. The number of methoxy groups -OCH3 is 1. The van der Waals surface area contributed by atoms with Crippen molar-refractivity contribution in [1.29, 1.82) is 0 Å². The molecule has 1 aliphatic heterocycles. The van der Waals surface area contributed by atoms with E-state index in [2.05, 4.69) is 27.4 Å². The Morgan fingerprint density at radius 3 is 2.52 bits per heavy atom. The van der Waals surface area contributed by atoms with Crippen molar-refractivity contribution in [2.45, 2.75) is 6.92 Å². The molecule has 6 nitrogen and oxygen atoms in total. The largest absolute Gasteiger partial charge is 0.497 e. The minimum absolute atomic E-state index is 0.222. The molecule has 1 amide bonds. The molecule has 0 spiro atoms. The number of piperazine rings is 1. The number of hydrogen-bond acceptors (Lipinski definition) is 5. The standard InChI is InChI=1S/C23H27ClN4O2S/c1-3-27-13-15-28(16-14-27)22-19(24)5-4-6-20(22)25-23(31)26-21(29)12-9-17-7-10-18(30-2)11-8-17/h4-12H,3,13-16H2,1-2H3,(H2,25,26,29,31). The van der Waals surface area contributed by atoms with E-state index in [9.17, 15) is 4.79 Å². The van der Waals surface area contributed by atoms with Gasteiger partial charge >= 0.3 is 0 Å². The van der Waals surface area contributed by atoms with Crippen molar-refractivity contribution in [3.63, 3.8) is 0 Å². The predicted octanol–water partition coefficient (Wildman–Crippen LogP) is 4.02. The number of nitrogens with zero attached hydrogens (tertiary/aromatic N) is 2. The molecule has 31 heavy (non-hydrogen) atoms. The molecule has 0 radical (unpaired) electrons. The molecule has 0 unspecified atom stereocenters. The Morgan fingerprint density at radius 1 is 1.16 bits per heavy atom. The van der Waals surface area contributed by atoms with Crippen LogP contribution in [-0.4, -0.2) is 55.8 Å². The van der Waals surface area contributed by atoms with Gasteiger partial charge in [-0.2, -0.15) is 0 Å². The van der Waals surface area contributed by atoms with E-state index in [4.69, 9.17) is 28.6 Å². The van der Waals surface area contributed by atoms with Gasteiger partial charge in [-0.1, -0.05) is 36.7 Å². The molecule has 0 atom stereocenters. The lowest BCUT2D eigenvalue weighted by atomic mass is 10.2. The molecule has 2 aromatic rings. The minimum Gasteiger partial charge on any atom is -0.497 e. The monoisotopic (exact) mass is 458 g/mol. The number of para-hydroxylation sites is 1. The summed E-state index contributed by atoms with van der Waals surface area (Å²) < 4.78 is 5.13. The summed E-state index contributed by atoms with van der Waals surface area (Å²) in [6, 6.07) is 13.1. The van der Waals surface area contributed by atoms with Crippen LogP contribution in [0.1, 0.15) is 12.5 Å². The first-order valence-corrected chi connectivity index (χ1v) is 11.0. The molecular weight excluding hydrogens is 432 g/mol. The molecule has 0 aromatic heterocycles. The van der Waals surface area contributed by atoms with Gasteiger partial charge in [0.25, 0.3) is 0 Å². The molecule has 2 aromatic carbocycles. The Bertz CT molecular complexity index is 941. The average Bonchev–Trinajstić information content (AvgIpc) is 2.78. The maximum absolute atomic E-state index is 12.3. The highest BCUT2D eigenvalue weighted by atomic mass is 35.5. The number of rotatable bonds is 6. The third-order valence-corrected chi connectivity index (χ3v) is 5.66. The van der Waals surface area contributed by atoms with Crippen LogP contribution in [0.2, 0.25) is 5.02 Å². The van der Waals surface area contributed by atoms with E-state index in [0.29, 0.717) is 5.02 Å². The Kier molecular flexibility index (Phi) is 8.28. The van der Waals surface area contributed by atoms with Crippen LogP contribution in [0.5, 0.6) is 5.75 Å². The summed E-state index contributed by atoms with van der Waals surface area (Å²) in [5.41, 5.74) is 2.57. The highest BCUT2D eigenvalue weighted by Gasteiger charge is 2.21. The second-order valence-corrected chi connectivity index (χ2v) is 7.92. The van der Waals surface area contributed by atoms with E-state index in [1.54, 1.807) is 13.2 Å². The number of halogens is 1. The topological polar surface area (TPSA) is 56.8 Å². The van der Waals surface area contributed by atoms with Crippen LogP contribution >= 0.6 is 23.8 Å². The second-order valence-electron chi connectivity index (χ2n) is 7.11. The van der Waals surface area contributed by atoms with Crippen molar-refractivity contribution in [3.05, 3.63) is 59.1 Å². The Morgan fingerprint density at radius 2 is 1.87 bits per heavy atom. The van der Waals surface area contributed by atoms with E-state index in [1.165, 1.54) is 6.08 Å². The van der Waals surface area contributed by atoms with Crippen molar-refractivity contribution in [3.8, 4) is 5.75 Å². The van der Waals surface area contributed by atoms with Gasteiger partial charge in [0.05, 0.1) is 23.5 Å². The van der Waals surface area contributed by atoms with E-state index >= 15 is 0 Å². The number of hydrogen-bond donors (Lipinski definition) is 2. The fraction of sp³-hybridized carbons (Fsp3) is 0.304. The van der Waals surface area contributed by atoms with E-state index < -0.39 is 0 Å². The van der Waals surface area contributed by atoms with E-state index in [1.807, 2.05) is 42.5 Å². The zero-order valence-electron chi connectivity index (χ0n) is 17.7. The van der Waals surface area contributed by atoms with Crippen molar-refractivity contribution >= 4 is 52.3 Å². The molecule has 164 valence electrons. The van der Waals surface area contributed by atoms with Gasteiger partial charge in [0.1, 0.15) is 5.75 Å². The Hall–Kier alpha value is -2.61. The first kappa shape index (κ1) is 23.1. The Labute approximate surface area is 193 Å². The number of amides is 1. The maximum atomic E-state index is 12.3. The van der Waals surface area contributed by atoms with Gasteiger partial charge in [-0.05, 0) is 54.7 Å². The lowest BCUT2D eigenvalue weighted by Gasteiger charge is -2.37. The van der Waals surface area contributed by atoms with Gasteiger partial charge in [-0.15, -0.1) is 0 Å². The predicted molar refractivity (Wildman–Crippen MR) is 132 cm³/mol. The van der Waals surface area contributed by atoms with Crippen LogP contribution in [0.25, 0.3) is 6.08 Å². The molecule has 1 saturated heterocycles. The number of carbonyl (C=O) groups excluding carboxylic acids is 1. The summed E-state index contributed by atoms with van der Waals surface area (Å²) in [6.07, 6.45) is 3.16. The number of anilines is 2. The van der Waals surface area contributed by atoms with Crippen LogP contribution in [0.15, 0.2) is 48.5 Å². The van der Waals surface area contributed by atoms with Crippen molar-refractivity contribution in [2.24, 2.45) is 0 Å². The SMILES string of the molecule is CCN1CCN(c2c(Cl)cccc2NC(=S)NC(=O)C=Cc2ccc(OC)cc2)CC1. The molecular formula is C23H27ClN4O2S. The molecule has 0 aliphatic carbocycles. The number of carbonyl (C=O) groups is 1. The summed E-state index contributed by atoms with van der Waals surface area (Å²) in [7, 11) is 1.61.